The first-order valence-corrected chi connectivity index (χ1v) is 11.5. The molecule has 140 valence electrons. The van der Waals surface area contributed by atoms with Crippen LogP contribution in [-0.2, 0) is 4.43 Å². The molecule has 1 aliphatic carbocycles. The maximum Gasteiger partial charge on any atom is 0.261 e. The van der Waals surface area contributed by atoms with Gasteiger partial charge in [0.25, 0.3) is 8.32 Å². The van der Waals surface area contributed by atoms with E-state index in [1.165, 1.54) is 10.4 Å². The van der Waals surface area contributed by atoms with Crippen molar-refractivity contribution in [2.75, 3.05) is 6.61 Å². The molecule has 1 fully saturated rings. The molecule has 3 rings (SSSR count). The summed E-state index contributed by atoms with van der Waals surface area (Å²) in [7, 11) is -2.44. The van der Waals surface area contributed by atoms with Gasteiger partial charge in [-0.3, -0.25) is 0 Å². The standard InChI is InChI=1S/C23H32O2Si/c1-22(2,3)26(19-12-8-6-9-13-19,20-14-10-7-11-15-20)25-17-18-16-21(18)23(4,5)24/h6-15,18,21,24H,16-17H2,1-5H3/t18-,21-/m0/s1. The zero-order valence-electron chi connectivity index (χ0n) is 16.7. The van der Waals surface area contributed by atoms with Gasteiger partial charge in [0.2, 0.25) is 0 Å². The highest BCUT2D eigenvalue weighted by atomic mass is 28.4. The Morgan fingerprint density at radius 1 is 0.885 bits per heavy atom. The number of hydrogen-bond donors (Lipinski definition) is 1. The summed E-state index contributed by atoms with van der Waals surface area (Å²) in [5, 5.41) is 13.0. The topological polar surface area (TPSA) is 29.5 Å². The Hall–Kier alpha value is -1.42. The van der Waals surface area contributed by atoms with Crippen LogP contribution >= 0.6 is 0 Å². The molecule has 0 saturated heterocycles. The fourth-order valence-electron chi connectivity index (χ4n) is 4.29. The SMILES string of the molecule is CC(C)(O)[C@H]1C[C@H]1CO[Si](c1ccccc1)(c1ccccc1)C(C)(C)C. The maximum atomic E-state index is 10.3. The first-order valence-electron chi connectivity index (χ1n) is 9.63. The van der Waals surface area contributed by atoms with E-state index in [1.54, 1.807) is 0 Å². The predicted octanol–water partition coefficient (Wildman–Crippen LogP) is 3.97. The average molecular weight is 369 g/mol. The molecule has 0 unspecified atom stereocenters. The zero-order chi connectivity index (χ0) is 19.0. The molecule has 2 nitrogen and oxygen atoms in total. The summed E-state index contributed by atoms with van der Waals surface area (Å²) < 4.78 is 6.94. The molecule has 2 aromatic rings. The van der Waals surface area contributed by atoms with E-state index in [1.807, 2.05) is 13.8 Å². The third-order valence-corrected chi connectivity index (χ3v) is 10.8. The minimum atomic E-state index is -2.44. The summed E-state index contributed by atoms with van der Waals surface area (Å²) in [5.41, 5.74) is -0.612. The van der Waals surface area contributed by atoms with E-state index in [-0.39, 0.29) is 5.04 Å². The molecular formula is C23H32O2Si. The highest BCUT2D eigenvalue weighted by Crippen LogP contribution is 2.47. The van der Waals surface area contributed by atoms with Crippen LogP contribution in [0.25, 0.3) is 0 Å². The van der Waals surface area contributed by atoms with E-state index in [0.29, 0.717) is 11.8 Å². The van der Waals surface area contributed by atoms with Crippen molar-refractivity contribution < 1.29 is 9.53 Å². The molecule has 0 aliphatic heterocycles. The molecule has 2 atom stereocenters. The Balaban J connectivity index is 1.99. The van der Waals surface area contributed by atoms with Crippen LogP contribution in [0.3, 0.4) is 0 Å². The van der Waals surface area contributed by atoms with Crippen LogP contribution in [0.2, 0.25) is 5.04 Å². The molecule has 1 aliphatic rings. The summed E-state index contributed by atoms with van der Waals surface area (Å²) in [6.45, 7) is 11.5. The van der Waals surface area contributed by atoms with Gasteiger partial charge in [-0.1, -0.05) is 81.4 Å². The smallest absolute Gasteiger partial charge is 0.261 e. The molecule has 0 aromatic heterocycles. The molecule has 0 amide bonds. The van der Waals surface area contributed by atoms with Gasteiger partial charge < -0.3 is 9.53 Å². The fraction of sp³-hybridized carbons (Fsp3) is 0.478. The minimum Gasteiger partial charge on any atom is -0.407 e. The van der Waals surface area contributed by atoms with Gasteiger partial charge in [0.15, 0.2) is 0 Å². The molecule has 0 radical (unpaired) electrons. The van der Waals surface area contributed by atoms with Crippen molar-refractivity contribution in [2.24, 2.45) is 11.8 Å². The second-order valence-electron chi connectivity index (χ2n) is 9.23. The monoisotopic (exact) mass is 368 g/mol. The van der Waals surface area contributed by atoms with E-state index in [4.69, 9.17) is 4.43 Å². The van der Waals surface area contributed by atoms with Gasteiger partial charge in [0, 0.05) is 6.61 Å². The van der Waals surface area contributed by atoms with Gasteiger partial charge in [-0.25, -0.2) is 0 Å². The molecule has 26 heavy (non-hydrogen) atoms. The van der Waals surface area contributed by atoms with Crippen molar-refractivity contribution in [3.63, 3.8) is 0 Å². The van der Waals surface area contributed by atoms with E-state index in [2.05, 4.69) is 81.4 Å². The van der Waals surface area contributed by atoms with Crippen LogP contribution in [0.1, 0.15) is 41.0 Å². The minimum absolute atomic E-state index is 0.00876. The second-order valence-corrected chi connectivity index (χ2v) is 13.5. The molecule has 3 heteroatoms. The van der Waals surface area contributed by atoms with E-state index in [0.717, 1.165) is 13.0 Å². The number of hydrogen-bond acceptors (Lipinski definition) is 2. The lowest BCUT2D eigenvalue weighted by molar-refractivity contribution is 0.0474. The van der Waals surface area contributed by atoms with Gasteiger partial charge in [0.1, 0.15) is 0 Å². The van der Waals surface area contributed by atoms with Crippen molar-refractivity contribution in [3.8, 4) is 0 Å². The largest absolute Gasteiger partial charge is 0.407 e. The van der Waals surface area contributed by atoms with Gasteiger partial charge in [-0.2, -0.15) is 0 Å². The van der Waals surface area contributed by atoms with Crippen LogP contribution in [0.4, 0.5) is 0 Å². The third kappa shape index (κ3) is 3.66. The van der Waals surface area contributed by atoms with Crippen molar-refractivity contribution in [2.45, 2.75) is 51.7 Å². The summed E-state index contributed by atoms with van der Waals surface area (Å²) in [6.07, 6.45) is 1.06. The van der Waals surface area contributed by atoms with Crippen molar-refractivity contribution >= 4 is 18.7 Å². The van der Waals surface area contributed by atoms with E-state index in [9.17, 15) is 5.11 Å². The first kappa shape index (κ1) is 19.3. The van der Waals surface area contributed by atoms with Crippen molar-refractivity contribution in [1.82, 2.24) is 0 Å². The van der Waals surface area contributed by atoms with Gasteiger partial charge in [-0.15, -0.1) is 0 Å². The molecule has 0 heterocycles. The van der Waals surface area contributed by atoms with Gasteiger partial charge in [-0.05, 0) is 47.5 Å². The molecule has 2 aromatic carbocycles. The highest BCUT2D eigenvalue weighted by molar-refractivity contribution is 6.99. The van der Waals surface area contributed by atoms with Gasteiger partial charge in [0.05, 0.1) is 5.60 Å². The van der Waals surface area contributed by atoms with Crippen molar-refractivity contribution in [1.29, 1.82) is 0 Å². The summed E-state index contributed by atoms with van der Waals surface area (Å²) in [6, 6.07) is 21.5. The Kier molecular flexibility index (Phi) is 5.17. The lowest BCUT2D eigenvalue weighted by Gasteiger charge is -2.43. The third-order valence-electron chi connectivity index (χ3n) is 5.76. The summed E-state index contributed by atoms with van der Waals surface area (Å²) >= 11 is 0. The Morgan fingerprint density at radius 2 is 1.35 bits per heavy atom. The van der Waals surface area contributed by atoms with Crippen LogP contribution in [0.15, 0.2) is 60.7 Å². The quantitative estimate of drug-likeness (QED) is 0.782. The zero-order valence-corrected chi connectivity index (χ0v) is 17.7. The Morgan fingerprint density at radius 3 is 1.69 bits per heavy atom. The van der Waals surface area contributed by atoms with Crippen LogP contribution in [0, 0.1) is 11.8 Å². The van der Waals surface area contributed by atoms with E-state index >= 15 is 0 Å². The first-order chi connectivity index (χ1) is 12.2. The maximum absolute atomic E-state index is 10.3. The lowest BCUT2D eigenvalue weighted by atomic mass is 10.0. The average Bonchev–Trinajstić information content (AvgIpc) is 3.36. The normalized spacial score (nSPS) is 20.8. The van der Waals surface area contributed by atoms with Crippen LogP contribution in [0.5, 0.6) is 0 Å². The number of benzene rings is 2. The summed E-state index contributed by atoms with van der Waals surface area (Å²) in [4.78, 5) is 0. The molecule has 1 saturated carbocycles. The number of rotatable bonds is 6. The lowest BCUT2D eigenvalue weighted by Crippen LogP contribution is -2.66. The highest BCUT2D eigenvalue weighted by Gasteiger charge is 2.53. The Labute approximate surface area is 159 Å². The van der Waals surface area contributed by atoms with Gasteiger partial charge >= 0.3 is 0 Å². The Bertz CT molecular complexity index is 674. The summed E-state index contributed by atoms with van der Waals surface area (Å²) in [5.74, 6) is 0.803. The predicted molar refractivity (Wildman–Crippen MR) is 111 cm³/mol. The molecular weight excluding hydrogens is 336 g/mol. The van der Waals surface area contributed by atoms with Crippen LogP contribution < -0.4 is 10.4 Å². The molecule has 1 N–H and O–H groups in total. The van der Waals surface area contributed by atoms with Crippen LogP contribution in [-0.4, -0.2) is 25.6 Å². The van der Waals surface area contributed by atoms with Crippen molar-refractivity contribution in [3.05, 3.63) is 60.7 Å². The van der Waals surface area contributed by atoms with E-state index < -0.39 is 13.9 Å². The second kappa shape index (κ2) is 6.95. The molecule has 0 spiro atoms. The molecule has 0 bridgehead atoms. The number of aliphatic hydroxyl groups is 1. The fourth-order valence-corrected chi connectivity index (χ4v) is 8.91.